The van der Waals surface area contributed by atoms with Gasteiger partial charge in [0.2, 0.25) is 10.0 Å². The maximum Gasteiger partial charge on any atom is 0.233 e. The molecule has 0 aromatic heterocycles. The minimum atomic E-state index is -3.43. The number of carbonyl (C=O) groups excluding carboxylic acids is 1. The van der Waals surface area contributed by atoms with Gasteiger partial charge in [0.1, 0.15) is 0 Å². The molecule has 3 aromatic carbocycles. The fourth-order valence-electron chi connectivity index (χ4n) is 2.73. The molecule has 3 aromatic rings. The predicted molar refractivity (Wildman–Crippen MR) is 114 cm³/mol. The lowest BCUT2D eigenvalue weighted by atomic mass is 10.1. The van der Waals surface area contributed by atoms with Crippen molar-refractivity contribution in [3.63, 3.8) is 0 Å². The second-order valence-corrected chi connectivity index (χ2v) is 8.34. The van der Waals surface area contributed by atoms with E-state index in [1.165, 1.54) is 6.92 Å². The molecule has 28 heavy (non-hydrogen) atoms. The highest BCUT2D eigenvalue weighted by molar-refractivity contribution is 7.92. The van der Waals surface area contributed by atoms with Gasteiger partial charge >= 0.3 is 0 Å². The van der Waals surface area contributed by atoms with Gasteiger partial charge in [-0.3, -0.25) is 9.52 Å². The molecule has 0 amide bonds. The molecule has 6 heteroatoms. The average molecular weight is 394 g/mol. The SMILES string of the molecule is CC(=O)c1cccc(Nc2ccc(NS(=O)(=O)CCc3ccccc3)cc2)c1. The molecule has 0 aliphatic carbocycles. The van der Waals surface area contributed by atoms with E-state index in [9.17, 15) is 13.2 Å². The molecule has 0 saturated carbocycles. The summed E-state index contributed by atoms with van der Waals surface area (Å²) < 4.78 is 27.2. The number of benzene rings is 3. The summed E-state index contributed by atoms with van der Waals surface area (Å²) in [5.41, 5.74) is 3.72. The summed E-state index contributed by atoms with van der Waals surface area (Å²) in [6.07, 6.45) is 0.461. The van der Waals surface area contributed by atoms with Gasteiger partial charge in [0.25, 0.3) is 0 Å². The normalized spacial score (nSPS) is 11.0. The molecule has 5 nitrogen and oxygen atoms in total. The van der Waals surface area contributed by atoms with Crippen molar-refractivity contribution in [2.24, 2.45) is 0 Å². The molecule has 2 N–H and O–H groups in total. The Kier molecular flexibility index (Phi) is 6.11. The van der Waals surface area contributed by atoms with Gasteiger partial charge in [0, 0.05) is 22.6 Å². The van der Waals surface area contributed by atoms with Gasteiger partial charge in [0.15, 0.2) is 5.78 Å². The number of Topliss-reactive ketones (excluding diaryl/α,β-unsaturated/α-hetero) is 1. The molecule has 0 saturated heterocycles. The van der Waals surface area contributed by atoms with Crippen LogP contribution in [-0.4, -0.2) is 20.0 Å². The van der Waals surface area contributed by atoms with E-state index in [0.29, 0.717) is 17.7 Å². The van der Waals surface area contributed by atoms with E-state index in [4.69, 9.17) is 0 Å². The average Bonchev–Trinajstić information content (AvgIpc) is 2.69. The first-order valence-electron chi connectivity index (χ1n) is 8.94. The smallest absolute Gasteiger partial charge is 0.233 e. The summed E-state index contributed by atoms with van der Waals surface area (Å²) in [5.74, 6) is 0.0263. The van der Waals surface area contributed by atoms with Gasteiger partial charge in [-0.1, -0.05) is 42.5 Å². The maximum absolute atomic E-state index is 12.3. The number of hydrogen-bond acceptors (Lipinski definition) is 4. The number of aryl methyl sites for hydroxylation is 1. The molecule has 3 rings (SSSR count). The molecule has 0 aliphatic heterocycles. The third-order valence-electron chi connectivity index (χ3n) is 4.22. The number of sulfonamides is 1. The van der Waals surface area contributed by atoms with Crippen molar-refractivity contribution in [1.29, 1.82) is 0 Å². The van der Waals surface area contributed by atoms with E-state index in [2.05, 4.69) is 10.0 Å². The van der Waals surface area contributed by atoms with Crippen LogP contribution in [0.25, 0.3) is 0 Å². The summed E-state index contributed by atoms with van der Waals surface area (Å²) >= 11 is 0. The molecule has 0 bridgehead atoms. The van der Waals surface area contributed by atoms with Crippen molar-refractivity contribution in [1.82, 2.24) is 0 Å². The van der Waals surface area contributed by atoms with Crippen LogP contribution in [-0.2, 0) is 16.4 Å². The van der Waals surface area contributed by atoms with Crippen LogP contribution in [0.4, 0.5) is 17.1 Å². The van der Waals surface area contributed by atoms with Crippen LogP contribution in [0, 0.1) is 0 Å². The number of carbonyl (C=O) groups is 1. The van der Waals surface area contributed by atoms with Crippen molar-refractivity contribution in [2.45, 2.75) is 13.3 Å². The van der Waals surface area contributed by atoms with E-state index in [-0.39, 0.29) is 11.5 Å². The standard InChI is InChI=1S/C22H22N2O3S/c1-17(25)19-8-5-9-22(16-19)23-20-10-12-21(13-11-20)24-28(26,27)15-14-18-6-3-2-4-7-18/h2-13,16,23-24H,14-15H2,1H3. The van der Waals surface area contributed by atoms with E-state index < -0.39 is 10.0 Å². The number of nitrogens with one attached hydrogen (secondary N) is 2. The van der Waals surface area contributed by atoms with Gasteiger partial charge in [0.05, 0.1) is 5.75 Å². The van der Waals surface area contributed by atoms with Gasteiger partial charge in [-0.25, -0.2) is 8.42 Å². The molecule has 0 unspecified atom stereocenters. The third-order valence-corrected chi connectivity index (χ3v) is 5.51. The monoisotopic (exact) mass is 394 g/mol. The Bertz CT molecular complexity index is 1050. The van der Waals surface area contributed by atoms with E-state index in [1.807, 2.05) is 42.5 Å². The first-order chi connectivity index (χ1) is 13.4. The lowest BCUT2D eigenvalue weighted by molar-refractivity contribution is 0.101. The summed E-state index contributed by atoms with van der Waals surface area (Å²) in [6.45, 7) is 1.53. The lowest BCUT2D eigenvalue weighted by Crippen LogP contribution is -2.18. The van der Waals surface area contributed by atoms with Crippen molar-refractivity contribution in [2.75, 3.05) is 15.8 Å². The predicted octanol–water partition coefficient (Wildman–Crippen LogP) is 4.62. The summed E-state index contributed by atoms with van der Waals surface area (Å²) in [5, 5.41) is 3.21. The molecule has 0 heterocycles. The van der Waals surface area contributed by atoms with Crippen molar-refractivity contribution in [3.8, 4) is 0 Å². The highest BCUT2D eigenvalue weighted by Gasteiger charge is 2.11. The quantitative estimate of drug-likeness (QED) is 0.547. The van der Waals surface area contributed by atoms with Crippen LogP contribution in [0.3, 0.4) is 0 Å². The molecule has 0 atom stereocenters. The summed E-state index contributed by atoms with van der Waals surface area (Å²) in [4.78, 5) is 11.5. The van der Waals surface area contributed by atoms with Crippen LogP contribution in [0.5, 0.6) is 0 Å². The van der Waals surface area contributed by atoms with E-state index in [0.717, 1.165) is 16.9 Å². The number of anilines is 3. The van der Waals surface area contributed by atoms with Crippen LogP contribution in [0.15, 0.2) is 78.9 Å². The van der Waals surface area contributed by atoms with Gasteiger partial charge < -0.3 is 5.32 Å². The Labute approximate surface area is 165 Å². The van der Waals surface area contributed by atoms with Crippen LogP contribution in [0.2, 0.25) is 0 Å². The van der Waals surface area contributed by atoms with E-state index >= 15 is 0 Å². The Balaban J connectivity index is 1.61. The van der Waals surface area contributed by atoms with Crippen molar-refractivity contribution in [3.05, 3.63) is 90.0 Å². The topological polar surface area (TPSA) is 75.3 Å². The van der Waals surface area contributed by atoms with Crippen molar-refractivity contribution >= 4 is 32.9 Å². The second-order valence-electron chi connectivity index (χ2n) is 6.50. The van der Waals surface area contributed by atoms with Crippen LogP contribution in [0.1, 0.15) is 22.8 Å². The third kappa shape index (κ3) is 5.69. The minimum absolute atomic E-state index is 0.00362. The molecular formula is C22H22N2O3S. The molecule has 144 valence electrons. The first-order valence-corrected chi connectivity index (χ1v) is 10.6. The zero-order valence-corrected chi connectivity index (χ0v) is 16.4. The van der Waals surface area contributed by atoms with Gasteiger partial charge in [-0.15, -0.1) is 0 Å². The van der Waals surface area contributed by atoms with Gasteiger partial charge in [-0.05, 0) is 55.3 Å². The minimum Gasteiger partial charge on any atom is -0.356 e. The number of rotatable bonds is 8. The molecule has 0 fully saturated rings. The van der Waals surface area contributed by atoms with E-state index in [1.54, 1.807) is 36.4 Å². The molecule has 0 aliphatic rings. The van der Waals surface area contributed by atoms with Crippen molar-refractivity contribution < 1.29 is 13.2 Å². The van der Waals surface area contributed by atoms with Gasteiger partial charge in [-0.2, -0.15) is 0 Å². The highest BCUT2D eigenvalue weighted by Crippen LogP contribution is 2.21. The largest absolute Gasteiger partial charge is 0.356 e. The highest BCUT2D eigenvalue weighted by atomic mass is 32.2. The zero-order valence-electron chi connectivity index (χ0n) is 15.6. The summed E-state index contributed by atoms with van der Waals surface area (Å²) in [7, 11) is -3.43. The zero-order chi connectivity index (χ0) is 20.0. The lowest BCUT2D eigenvalue weighted by Gasteiger charge is -2.11. The van der Waals surface area contributed by atoms with Crippen LogP contribution < -0.4 is 10.0 Å². The van der Waals surface area contributed by atoms with Crippen LogP contribution >= 0.6 is 0 Å². The molecule has 0 spiro atoms. The maximum atomic E-state index is 12.3. The number of hydrogen-bond donors (Lipinski definition) is 2. The Morgan fingerprint density at radius 1 is 0.821 bits per heavy atom. The fourth-order valence-corrected chi connectivity index (χ4v) is 3.83. The Morgan fingerprint density at radius 2 is 1.50 bits per heavy atom. The molecular weight excluding hydrogens is 372 g/mol. The summed E-state index contributed by atoms with van der Waals surface area (Å²) in [6, 6.07) is 23.7. The fraction of sp³-hybridized carbons (Fsp3) is 0.136. The Hall–Kier alpha value is -3.12. The first kappa shape index (κ1) is 19.6. The second kappa shape index (κ2) is 8.71. The number of ketones is 1. The Morgan fingerprint density at radius 3 is 2.18 bits per heavy atom. The molecule has 0 radical (unpaired) electrons.